The minimum absolute atomic E-state index is 0.174. The van der Waals surface area contributed by atoms with E-state index in [9.17, 15) is 14.3 Å². The number of piperidine rings is 1. The highest BCUT2D eigenvalue weighted by Crippen LogP contribution is 2.38. The number of halogens is 2. The van der Waals surface area contributed by atoms with Crippen LogP contribution in [0, 0.1) is 5.82 Å². The highest BCUT2D eigenvalue weighted by atomic mass is 79.9. The van der Waals surface area contributed by atoms with Gasteiger partial charge in [0.2, 0.25) is 0 Å². The van der Waals surface area contributed by atoms with Crippen LogP contribution in [0.4, 0.5) is 4.39 Å². The van der Waals surface area contributed by atoms with Gasteiger partial charge in [0.15, 0.2) is 11.6 Å². The molecule has 138 valence electrons. The van der Waals surface area contributed by atoms with Gasteiger partial charge in [0.05, 0.1) is 13.2 Å². The monoisotopic (exact) mass is 421 g/mol. The molecule has 0 amide bonds. The van der Waals surface area contributed by atoms with Gasteiger partial charge in [-0.05, 0) is 48.7 Å². The second-order valence-corrected chi connectivity index (χ2v) is 7.26. The fraction of sp³-hybridized carbons (Fsp3) is 0.350. The van der Waals surface area contributed by atoms with Crippen LogP contribution in [0.1, 0.15) is 36.4 Å². The van der Waals surface area contributed by atoms with Crippen molar-refractivity contribution in [2.75, 3.05) is 13.7 Å². The van der Waals surface area contributed by atoms with E-state index in [1.807, 2.05) is 29.2 Å². The van der Waals surface area contributed by atoms with Crippen molar-refractivity contribution >= 4 is 21.9 Å². The van der Waals surface area contributed by atoms with Crippen molar-refractivity contribution < 1.29 is 19.0 Å². The molecule has 2 aromatic carbocycles. The third-order valence-electron chi connectivity index (χ3n) is 4.85. The molecule has 4 nitrogen and oxygen atoms in total. The van der Waals surface area contributed by atoms with Gasteiger partial charge in [-0.2, -0.15) is 0 Å². The molecular weight excluding hydrogens is 401 g/mol. The normalized spacial score (nSPS) is 19.1. The SMILES string of the molecule is COc1ccc(C(c2ccccc2Br)N2CCCCC2C(=O)O)cc1F. The Labute approximate surface area is 160 Å². The van der Waals surface area contributed by atoms with Crippen LogP contribution < -0.4 is 4.74 Å². The molecule has 1 aliphatic rings. The lowest BCUT2D eigenvalue weighted by Crippen LogP contribution is -2.47. The van der Waals surface area contributed by atoms with Gasteiger partial charge in [-0.25, -0.2) is 4.39 Å². The summed E-state index contributed by atoms with van der Waals surface area (Å²) in [6.07, 6.45) is 2.39. The average Bonchev–Trinajstić information content (AvgIpc) is 2.64. The number of hydrogen-bond donors (Lipinski definition) is 1. The van der Waals surface area contributed by atoms with Gasteiger partial charge in [0.1, 0.15) is 6.04 Å². The number of aliphatic carboxylic acids is 1. The van der Waals surface area contributed by atoms with Crippen LogP contribution in [-0.2, 0) is 4.79 Å². The fourth-order valence-corrected chi connectivity index (χ4v) is 4.13. The van der Waals surface area contributed by atoms with Crippen molar-refractivity contribution in [3.63, 3.8) is 0 Å². The predicted molar refractivity (Wildman–Crippen MR) is 101 cm³/mol. The van der Waals surface area contributed by atoms with Crippen molar-refractivity contribution in [3.05, 3.63) is 63.9 Å². The number of hydrogen-bond acceptors (Lipinski definition) is 3. The van der Waals surface area contributed by atoms with Crippen LogP contribution in [-0.4, -0.2) is 35.7 Å². The predicted octanol–water partition coefficient (Wildman–Crippen LogP) is 4.63. The number of nitrogens with zero attached hydrogens (tertiary/aromatic N) is 1. The molecule has 1 aliphatic heterocycles. The maximum Gasteiger partial charge on any atom is 0.320 e. The third-order valence-corrected chi connectivity index (χ3v) is 5.57. The Hall–Kier alpha value is -1.92. The molecule has 1 saturated heterocycles. The number of carboxylic acid groups (broad SMARTS) is 1. The van der Waals surface area contributed by atoms with E-state index >= 15 is 0 Å². The third kappa shape index (κ3) is 3.76. The van der Waals surface area contributed by atoms with Gasteiger partial charge in [-0.15, -0.1) is 0 Å². The maximum absolute atomic E-state index is 14.4. The molecule has 2 aromatic rings. The molecule has 3 rings (SSSR count). The number of ether oxygens (including phenoxy) is 1. The van der Waals surface area contributed by atoms with E-state index in [1.165, 1.54) is 13.2 Å². The number of likely N-dealkylation sites (tertiary alicyclic amines) is 1. The van der Waals surface area contributed by atoms with Gasteiger partial charge in [-0.1, -0.05) is 46.6 Å². The maximum atomic E-state index is 14.4. The molecule has 0 bridgehead atoms. The lowest BCUT2D eigenvalue weighted by Gasteiger charge is -2.40. The van der Waals surface area contributed by atoms with E-state index in [2.05, 4.69) is 15.9 Å². The summed E-state index contributed by atoms with van der Waals surface area (Å²) < 4.78 is 20.3. The van der Waals surface area contributed by atoms with Crippen molar-refractivity contribution in [1.29, 1.82) is 0 Å². The van der Waals surface area contributed by atoms with E-state index in [0.717, 1.165) is 22.9 Å². The lowest BCUT2D eigenvalue weighted by molar-refractivity contribution is -0.145. The number of benzene rings is 2. The van der Waals surface area contributed by atoms with Crippen molar-refractivity contribution in [1.82, 2.24) is 4.90 Å². The summed E-state index contributed by atoms with van der Waals surface area (Å²) in [4.78, 5) is 13.8. The molecule has 0 spiro atoms. The summed E-state index contributed by atoms with van der Waals surface area (Å²) in [6.45, 7) is 0.649. The summed E-state index contributed by atoms with van der Waals surface area (Å²) in [5.74, 6) is -1.12. The van der Waals surface area contributed by atoms with Crippen molar-refractivity contribution in [2.24, 2.45) is 0 Å². The molecule has 1 N–H and O–H groups in total. The molecule has 6 heteroatoms. The van der Waals surface area contributed by atoms with E-state index in [4.69, 9.17) is 4.74 Å². The summed E-state index contributed by atoms with van der Waals surface area (Å²) in [5.41, 5.74) is 1.63. The Morgan fingerprint density at radius 3 is 2.73 bits per heavy atom. The van der Waals surface area contributed by atoms with Gasteiger partial charge in [-0.3, -0.25) is 9.69 Å². The Balaban J connectivity index is 2.12. The summed E-state index contributed by atoms with van der Waals surface area (Å²) >= 11 is 3.57. The molecule has 2 atom stereocenters. The zero-order chi connectivity index (χ0) is 18.7. The second kappa shape index (κ2) is 8.18. The Morgan fingerprint density at radius 1 is 1.31 bits per heavy atom. The summed E-state index contributed by atoms with van der Waals surface area (Å²) in [5, 5.41) is 9.71. The molecule has 26 heavy (non-hydrogen) atoms. The minimum Gasteiger partial charge on any atom is -0.494 e. The zero-order valence-electron chi connectivity index (χ0n) is 14.5. The number of carboxylic acids is 1. The first-order chi connectivity index (χ1) is 12.5. The zero-order valence-corrected chi connectivity index (χ0v) is 16.1. The quantitative estimate of drug-likeness (QED) is 0.764. The number of carbonyl (C=O) groups is 1. The second-order valence-electron chi connectivity index (χ2n) is 6.41. The van der Waals surface area contributed by atoms with E-state index in [1.54, 1.807) is 12.1 Å². The molecule has 1 fully saturated rings. The van der Waals surface area contributed by atoms with Crippen molar-refractivity contribution in [3.8, 4) is 5.75 Å². The molecule has 0 aromatic heterocycles. The van der Waals surface area contributed by atoms with E-state index in [-0.39, 0.29) is 11.8 Å². The van der Waals surface area contributed by atoms with Crippen LogP contribution in [0.5, 0.6) is 5.75 Å². The molecule has 0 saturated carbocycles. The van der Waals surface area contributed by atoms with Crippen LogP contribution in [0.15, 0.2) is 46.9 Å². The fourth-order valence-electron chi connectivity index (χ4n) is 3.63. The molecule has 0 aliphatic carbocycles. The van der Waals surface area contributed by atoms with Crippen LogP contribution in [0.3, 0.4) is 0 Å². The van der Waals surface area contributed by atoms with Crippen molar-refractivity contribution in [2.45, 2.75) is 31.3 Å². The first-order valence-corrected chi connectivity index (χ1v) is 9.38. The van der Waals surface area contributed by atoms with E-state index in [0.29, 0.717) is 18.5 Å². The first kappa shape index (κ1) is 18.9. The lowest BCUT2D eigenvalue weighted by atomic mass is 9.91. The average molecular weight is 422 g/mol. The minimum atomic E-state index is -0.837. The van der Waals surface area contributed by atoms with Crippen LogP contribution in [0.2, 0.25) is 0 Å². The smallest absolute Gasteiger partial charge is 0.320 e. The Bertz CT molecular complexity index is 798. The molecular formula is C20H21BrFNO3. The molecule has 0 radical (unpaired) electrons. The van der Waals surface area contributed by atoms with Crippen LogP contribution >= 0.6 is 15.9 Å². The van der Waals surface area contributed by atoms with E-state index < -0.39 is 17.8 Å². The first-order valence-electron chi connectivity index (χ1n) is 8.59. The highest BCUT2D eigenvalue weighted by Gasteiger charge is 2.36. The Kier molecular flexibility index (Phi) is 5.94. The molecule has 1 heterocycles. The van der Waals surface area contributed by atoms with Gasteiger partial charge in [0.25, 0.3) is 0 Å². The number of rotatable bonds is 5. The molecule has 2 unspecified atom stereocenters. The Morgan fingerprint density at radius 2 is 2.08 bits per heavy atom. The van der Waals surface area contributed by atoms with Crippen LogP contribution in [0.25, 0.3) is 0 Å². The summed E-state index contributed by atoms with van der Waals surface area (Å²) in [6, 6.07) is 11.6. The van der Waals surface area contributed by atoms with Gasteiger partial charge >= 0.3 is 5.97 Å². The topological polar surface area (TPSA) is 49.8 Å². The summed E-state index contributed by atoms with van der Waals surface area (Å²) in [7, 11) is 1.43. The largest absolute Gasteiger partial charge is 0.494 e. The highest BCUT2D eigenvalue weighted by molar-refractivity contribution is 9.10. The standard InChI is InChI=1S/C20H21BrFNO3/c1-26-18-10-9-13(12-16(18)22)19(14-6-2-3-7-15(14)21)23-11-5-4-8-17(23)20(24)25/h2-3,6-7,9-10,12,17,19H,4-5,8,11H2,1H3,(H,24,25). The van der Waals surface area contributed by atoms with Gasteiger partial charge in [0, 0.05) is 4.47 Å². The number of methoxy groups -OCH3 is 1. The van der Waals surface area contributed by atoms with Gasteiger partial charge < -0.3 is 9.84 Å².